The Morgan fingerprint density at radius 1 is 1.27 bits per heavy atom. The van der Waals surface area contributed by atoms with Crippen molar-refractivity contribution in [2.24, 2.45) is 5.90 Å². The van der Waals surface area contributed by atoms with Gasteiger partial charge in [-0.25, -0.2) is 14.3 Å². The summed E-state index contributed by atoms with van der Waals surface area (Å²) >= 11 is 4.90. The molecule has 8 heteroatoms. The molecule has 0 atom stereocenters. The fourth-order valence-corrected chi connectivity index (χ4v) is 1.55. The smallest absolute Gasteiger partial charge is 0.458 e. The van der Waals surface area contributed by atoms with Crippen molar-refractivity contribution in [1.29, 1.82) is 0 Å². The molecule has 5 nitrogen and oxygen atoms in total. The average Bonchev–Trinajstić information content (AvgIpc) is 2.21. The van der Waals surface area contributed by atoms with Crippen LogP contribution in [0.15, 0.2) is 29.2 Å². The normalized spacial score (nSPS) is 9.60. The van der Waals surface area contributed by atoms with Gasteiger partial charge in [-0.2, -0.15) is 0 Å². The second-order valence-electron chi connectivity index (χ2n) is 2.36. The molecule has 0 fully saturated rings. The van der Waals surface area contributed by atoms with E-state index in [0.717, 1.165) is 5.56 Å². The van der Waals surface area contributed by atoms with Gasteiger partial charge in [-0.1, -0.05) is 17.7 Å². The van der Waals surface area contributed by atoms with Crippen LogP contribution in [-0.4, -0.2) is 13.6 Å². The van der Waals surface area contributed by atoms with E-state index in [-0.39, 0.29) is 34.5 Å². The van der Waals surface area contributed by atoms with Crippen molar-refractivity contribution in [3.8, 4) is 0 Å². The number of halogens is 1. The summed E-state index contributed by atoms with van der Waals surface area (Å²) in [7, 11) is -3.62. The van der Waals surface area contributed by atoms with Gasteiger partial charge in [-0.15, -0.1) is 0 Å². The van der Waals surface area contributed by atoms with Crippen molar-refractivity contribution in [3.63, 3.8) is 0 Å². The maximum absolute atomic E-state index is 11.0. The maximum Gasteiger partial charge on any atom is 1.00 e. The number of rotatable bonds is 2. The third kappa shape index (κ3) is 5.84. The Morgan fingerprint density at radius 3 is 2.00 bits per heavy atom. The molecule has 0 aliphatic heterocycles. The van der Waals surface area contributed by atoms with Gasteiger partial charge >= 0.3 is 29.6 Å². The van der Waals surface area contributed by atoms with Gasteiger partial charge in [0.15, 0.2) is 0 Å². The molecule has 0 saturated heterocycles. The van der Waals surface area contributed by atoms with Gasteiger partial charge in [0.25, 0.3) is 0 Å². The van der Waals surface area contributed by atoms with Crippen LogP contribution in [0.25, 0.3) is 4.24 Å². The molecule has 0 unspecified atom stereocenters. The second-order valence-corrected chi connectivity index (χ2v) is 4.33. The van der Waals surface area contributed by atoms with E-state index in [0.29, 0.717) is 0 Å². The predicted molar refractivity (Wildman–Crippen MR) is 53.6 cm³/mol. The Kier molecular flexibility index (Phi) is 10.0. The van der Waals surface area contributed by atoms with Gasteiger partial charge in [0.05, 0.1) is 0 Å². The van der Waals surface area contributed by atoms with Crippen LogP contribution >= 0.6 is 11.8 Å². The Morgan fingerprint density at radius 2 is 1.67 bits per heavy atom. The Balaban J connectivity index is 0. The van der Waals surface area contributed by atoms with Crippen LogP contribution in [-0.2, 0) is 10.0 Å². The summed E-state index contributed by atoms with van der Waals surface area (Å²) in [6.45, 7) is 1.87. The molecule has 80 valence electrons. The monoisotopic (exact) mass is 260 g/mol. The van der Waals surface area contributed by atoms with E-state index >= 15 is 0 Å². The van der Waals surface area contributed by atoms with Gasteiger partial charge in [-0.3, -0.25) is 11.8 Å². The second kappa shape index (κ2) is 8.49. The summed E-state index contributed by atoms with van der Waals surface area (Å²) in [5.41, 5.74) is 0.989. The molecular weight excluding hydrogens is 251 g/mol. The predicted octanol–water partition coefficient (Wildman–Crippen LogP) is -1.45. The molecule has 0 aromatic heterocycles. The summed E-state index contributed by atoms with van der Waals surface area (Å²) < 4.78 is 24.8. The van der Waals surface area contributed by atoms with Gasteiger partial charge < -0.3 is 9.45 Å². The number of benzene rings is 1. The summed E-state index contributed by atoms with van der Waals surface area (Å²) in [4.78, 5) is 0.114. The van der Waals surface area contributed by atoms with Crippen molar-refractivity contribution in [3.05, 3.63) is 34.1 Å². The van der Waals surface area contributed by atoms with E-state index in [1.165, 1.54) is 12.1 Å². The molecule has 0 spiro atoms. The van der Waals surface area contributed by atoms with E-state index in [1.54, 1.807) is 12.1 Å². The van der Waals surface area contributed by atoms with Crippen molar-refractivity contribution in [1.82, 2.24) is 0 Å². The SMILES string of the molecule is Cc1ccc(S(=O)(=O)[N-]Cl)cc1.NO.[Na+]. The first-order chi connectivity index (χ1) is 6.56. The molecule has 0 aliphatic carbocycles. The van der Waals surface area contributed by atoms with Crippen molar-refractivity contribution >= 4 is 21.8 Å². The zero-order valence-electron chi connectivity index (χ0n) is 8.38. The maximum atomic E-state index is 11.0. The van der Waals surface area contributed by atoms with Gasteiger partial charge in [0.1, 0.15) is 10.0 Å². The first-order valence-electron chi connectivity index (χ1n) is 3.47. The number of sulfonamides is 1. The zero-order chi connectivity index (χ0) is 11.2. The summed E-state index contributed by atoms with van der Waals surface area (Å²) in [6.07, 6.45) is 0. The Labute approximate surface area is 116 Å². The fraction of sp³-hybridized carbons (Fsp3) is 0.143. The van der Waals surface area contributed by atoms with Crippen LogP contribution in [0.4, 0.5) is 0 Å². The molecule has 1 aromatic rings. The molecule has 0 aliphatic rings. The van der Waals surface area contributed by atoms with Crippen LogP contribution < -0.4 is 35.5 Å². The largest absolute Gasteiger partial charge is 1.00 e. The molecule has 3 N–H and O–H groups in total. The van der Waals surface area contributed by atoms with E-state index in [9.17, 15) is 8.42 Å². The number of hydrogen-bond donors (Lipinski definition) is 2. The summed E-state index contributed by atoms with van der Waals surface area (Å²) in [5, 5.41) is 6.50. The molecule has 0 amide bonds. The Hall–Kier alpha value is 0.340. The minimum absolute atomic E-state index is 0. The molecule has 1 rings (SSSR count). The van der Waals surface area contributed by atoms with Crippen LogP contribution in [0.3, 0.4) is 0 Å². The number of aryl methyl sites for hydroxylation is 1. The summed E-state index contributed by atoms with van der Waals surface area (Å²) in [6, 6.07) is 6.32. The third-order valence-corrected chi connectivity index (χ3v) is 3.00. The zero-order valence-corrected chi connectivity index (χ0v) is 12.0. The van der Waals surface area contributed by atoms with Crippen LogP contribution in [0.1, 0.15) is 5.56 Å². The minimum Gasteiger partial charge on any atom is -0.458 e. The number of nitrogens with zero attached hydrogens (tertiary/aromatic N) is 1. The van der Waals surface area contributed by atoms with E-state index < -0.39 is 10.0 Å². The van der Waals surface area contributed by atoms with E-state index in [1.807, 2.05) is 6.92 Å². The topological polar surface area (TPSA) is 94.5 Å². The van der Waals surface area contributed by atoms with Gasteiger partial charge in [0, 0.05) is 4.90 Å². The summed E-state index contributed by atoms with van der Waals surface area (Å²) in [5.74, 6) is 3.50. The van der Waals surface area contributed by atoms with Crippen LogP contribution in [0.5, 0.6) is 0 Å². The minimum atomic E-state index is -3.62. The fourth-order valence-electron chi connectivity index (χ4n) is 0.750. The molecule has 0 saturated carbocycles. The molecule has 0 bridgehead atoms. The molecule has 0 heterocycles. The molecule has 0 radical (unpaired) electrons. The first-order valence-corrected chi connectivity index (χ1v) is 5.25. The van der Waals surface area contributed by atoms with Crippen LogP contribution in [0.2, 0.25) is 0 Å². The standard InChI is InChI=1S/C7H7ClNO2S.H3NO.Na/c1-6-2-4-7(5-3-6)12(10,11)9-8;1-2;/h2-5H,1H3;2H,1H2;/q-1;;+1. The van der Waals surface area contributed by atoms with E-state index in [2.05, 4.69) is 10.1 Å². The van der Waals surface area contributed by atoms with Gasteiger partial charge in [-0.05, 0) is 19.1 Å². The van der Waals surface area contributed by atoms with Crippen molar-refractivity contribution < 1.29 is 43.2 Å². The van der Waals surface area contributed by atoms with E-state index in [4.69, 9.17) is 17.0 Å². The first kappa shape index (κ1) is 17.7. The quantitative estimate of drug-likeness (QED) is 0.502. The van der Waals surface area contributed by atoms with Crippen LogP contribution in [0, 0.1) is 6.92 Å². The number of hydrogen-bond acceptors (Lipinski definition) is 4. The van der Waals surface area contributed by atoms with Gasteiger partial charge in [0.2, 0.25) is 0 Å². The Bertz CT molecular complexity index is 368. The molecular formula is C7H10ClN2NaO3S. The van der Waals surface area contributed by atoms with Crippen molar-refractivity contribution in [2.45, 2.75) is 11.8 Å². The average molecular weight is 261 g/mol. The number of nitrogens with two attached hydrogens (primary N) is 1. The third-order valence-electron chi connectivity index (χ3n) is 1.41. The van der Waals surface area contributed by atoms with Crippen molar-refractivity contribution in [2.75, 3.05) is 0 Å². The molecule has 15 heavy (non-hydrogen) atoms. The molecule has 1 aromatic carbocycles.